The third-order valence-electron chi connectivity index (χ3n) is 1.00. The Morgan fingerprint density at radius 2 is 1.73 bits per heavy atom. The Balaban J connectivity index is 0.000000461. The molecule has 0 aliphatic rings. The molecule has 0 unspecified atom stereocenters. The predicted octanol–water partition coefficient (Wildman–Crippen LogP) is 1.40. The minimum Gasteiger partial charge on any atom is -0.320 e. The second-order valence-corrected chi connectivity index (χ2v) is 1.98. The van der Waals surface area contributed by atoms with E-state index in [1.165, 1.54) is 0 Å². The second-order valence-electron chi connectivity index (χ2n) is 1.64. The van der Waals surface area contributed by atoms with Crippen LogP contribution in [0.15, 0.2) is 30.3 Å². The summed E-state index contributed by atoms with van der Waals surface area (Å²) in [4.78, 5) is 10.4. The van der Waals surface area contributed by atoms with Gasteiger partial charge in [-0.25, -0.2) is 5.90 Å². The van der Waals surface area contributed by atoms with Crippen molar-refractivity contribution in [1.29, 1.82) is 0 Å². The highest BCUT2D eigenvalue weighted by Crippen LogP contribution is 2.01. The molecule has 0 aliphatic carbocycles. The maximum absolute atomic E-state index is 10.4. The van der Waals surface area contributed by atoms with E-state index in [2.05, 4.69) is 5.90 Å². The molecule has 0 atom stereocenters. The van der Waals surface area contributed by atoms with Gasteiger partial charge in [0.25, 0.3) is 5.24 Å². The maximum Gasteiger partial charge on any atom is 0.252 e. The van der Waals surface area contributed by atoms with Gasteiger partial charge >= 0.3 is 0 Å². The quantitative estimate of drug-likeness (QED) is 0.499. The van der Waals surface area contributed by atoms with Gasteiger partial charge in [0.2, 0.25) is 0 Å². The van der Waals surface area contributed by atoms with Gasteiger partial charge in [-0.3, -0.25) is 4.79 Å². The number of hydrogen-bond donors (Lipinski definition) is 2. The highest BCUT2D eigenvalue weighted by Gasteiger charge is 1.95. The van der Waals surface area contributed by atoms with Crippen LogP contribution in [0.3, 0.4) is 0 Å². The monoisotopic (exact) mass is 173 g/mol. The highest BCUT2D eigenvalue weighted by molar-refractivity contribution is 6.67. The van der Waals surface area contributed by atoms with Crippen LogP contribution in [0.5, 0.6) is 0 Å². The fourth-order valence-electron chi connectivity index (χ4n) is 0.569. The molecular formula is C7H8ClNO2. The molecule has 3 N–H and O–H groups in total. The lowest BCUT2D eigenvalue weighted by atomic mass is 10.2. The first-order valence-corrected chi connectivity index (χ1v) is 3.19. The van der Waals surface area contributed by atoms with Crippen molar-refractivity contribution in [2.75, 3.05) is 0 Å². The number of benzene rings is 1. The second kappa shape index (κ2) is 5.85. The molecule has 0 saturated carbocycles. The zero-order chi connectivity index (χ0) is 8.69. The van der Waals surface area contributed by atoms with Gasteiger partial charge in [-0.15, -0.1) is 0 Å². The summed E-state index contributed by atoms with van der Waals surface area (Å²) in [5, 5.41) is 6.09. The van der Waals surface area contributed by atoms with Gasteiger partial charge < -0.3 is 5.21 Å². The van der Waals surface area contributed by atoms with Crippen molar-refractivity contribution in [1.82, 2.24) is 0 Å². The normalized spacial score (nSPS) is 7.91. The highest BCUT2D eigenvalue weighted by atomic mass is 35.5. The number of nitrogens with two attached hydrogens (primary N) is 1. The van der Waals surface area contributed by atoms with Gasteiger partial charge in [-0.1, -0.05) is 30.3 Å². The van der Waals surface area contributed by atoms with Crippen LogP contribution in [0.4, 0.5) is 0 Å². The molecule has 4 heteroatoms. The van der Waals surface area contributed by atoms with Crippen LogP contribution in [0.2, 0.25) is 0 Å². The van der Waals surface area contributed by atoms with E-state index in [0.717, 1.165) is 0 Å². The summed E-state index contributed by atoms with van der Waals surface area (Å²) in [6.45, 7) is 0. The van der Waals surface area contributed by atoms with Crippen molar-refractivity contribution in [3.05, 3.63) is 35.9 Å². The van der Waals surface area contributed by atoms with E-state index in [1.54, 1.807) is 24.3 Å². The van der Waals surface area contributed by atoms with Crippen molar-refractivity contribution < 1.29 is 10.0 Å². The molecule has 0 aliphatic heterocycles. The molecule has 11 heavy (non-hydrogen) atoms. The maximum atomic E-state index is 10.4. The zero-order valence-electron chi connectivity index (χ0n) is 5.70. The van der Waals surface area contributed by atoms with E-state index in [1.807, 2.05) is 6.07 Å². The number of halogens is 1. The SMILES string of the molecule is NO.O=C(Cl)c1ccccc1. The van der Waals surface area contributed by atoms with Gasteiger partial charge in [0, 0.05) is 5.56 Å². The molecule has 1 aromatic carbocycles. The van der Waals surface area contributed by atoms with Gasteiger partial charge in [-0.05, 0) is 11.6 Å². The smallest absolute Gasteiger partial charge is 0.252 e. The minimum absolute atomic E-state index is 0.407. The third-order valence-corrected chi connectivity index (χ3v) is 1.22. The van der Waals surface area contributed by atoms with Crippen LogP contribution in [0, 0.1) is 0 Å². The molecule has 0 aromatic heterocycles. The summed E-state index contributed by atoms with van der Waals surface area (Å²) in [6.07, 6.45) is 0. The summed E-state index contributed by atoms with van der Waals surface area (Å²) in [7, 11) is 0. The average Bonchev–Trinajstić information content (AvgIpc) is 2.10. The number of hydrogen-bond acceptors (Lipinski definition) is 3. The molecule has 0 saturated heterocycles. The van der Waals surface area contributed by atoms with Crippen molar-refractivity contribution in [3.63, 3.8) is 0 Å². The molecule has 0 radical (unpaired) electrons. The topological polar surface area (TPSA) is 63.3 Å². The molecule has 1 aromatic rings. The van der Waals surface area contributed by atoms with E-state index in [-0.39, 0.29) is 0 Å². The molecule has 1 rings (SSSR count). The fourth-order valence-corrected chi connectivity index (χ4v) is 0.695. The Hall–Kier alpha value is -0.900. The predicted molar refractivity (Wildman–Crippen MR) is 42.6 cm³/mol. The largest absolute Gasteiger partial charge is 0.320 e. The first-order valence-electron chi connectivity index (χ1n) is 2.81. The minimum atomic E-state index is -0.407. The molecule has 0 heterocycles. The molecular weight excluding hydrogens is 166 g/mol. The van der Waals surface area contributed by atoms with E-state index < -0.39 is 5.24 Å². The average molecular weight is 174 g/mol. The standard InChI is InChI=1S/C7H5ClO.H3NO/c8-7(9)6-4-2-1-3-5-6;1-2/h1-5H;2H,1H2. The van der Waals surface area contributed by atoms with E-state index in [9.17, 15) is 4.79 Å². The Morgan fingerprint density at radius 3 is 2.00 bits per heavy atom. The van der Waals surface area contributed by atoms with Crippen molar-refractivity contribution >= 4 is 16.8 Å². The van der Waals surface area contributed by atoms with Crippen LogP contribution in [0.25, 0.3) is 0 Å². The Kier molecular flexibility index (Phi) is 5.37. The summed E-state index contributed by atoms with van der Waals surface area (Å²) in [5.41, 5.74) is 0.541. The Labute approximate surface area is 69.4 Å². The van der Waals surface area contributed by atoms with Gasteiger partial charge in [0.1, 0.15) is 0 Å². The summed E-state index contributed by atoms with van der Waals surface area (Å²) in [6, 6.07) is 8.74. The van der Waals surface area contributed by atoms with Gasteiger partial charge in [-0.2, -0.15) is 0 Å². The number of carbonyl (C=O) groups is 1. The lowest BCUT2D eigenvalue weighted by molar-refractivity contribution is 0.108. The lowest BCUT2D eigenvalue weighted by Crippen LogP contribution is -1.84. The third kappa shape index (κ3) is 3.72. The zero-order valence-corrected chi connectivity index (χ0v) is 6.45. The molecule has 3 nitrogen and oxygen atoms in total. The summed E-state index contributed by atoms with van der Waals surface area (Å²) < 4.78 is 0. The summed E-state index contributed by atoms with van der Waals surface area (Å²) in [5.74, 6) is 3.50. The van der Waals surface area contributed by atoms with Crippen molar-refractivity contribution in [3.8, 4) is 0 Å². The first kappa shape index (κ1) is 10.1. The number of carbonyl (C=O) groups excluding carboxylic acids is 1. The lowest BCUT2D eigenvalue weighted by Gasteiger charge is -1.87. The Bertz CT molecular complexity index is 213. The van der Waals surface area contributed by atoms with E-state index in [4.69, 9.17) is 16.8 Å². The molecule has 0 bridgehead atoms. The van der Waals surface area contributed by atoms with E-state index >= 15 is 0 Å². The van der Waals surface area contributed by atoms with Crippen LogP contribution >= 0.6 is 11.6 Å². The van der Waals surface area contributed by atoms with Gasteiger partial charge in [0.05, 0.1) is 0 Å². The van der Waals surface area contributed by atoms with Crippen LogP contribution in [-0.2, 0) is 0 Å². The van der Waals surface area contributed by atoms with Gasteiger partial charge in [0.15, 0.2) is 0 Å². The molecule has 0 amide bonds. The molecule has 0 fully saturated rings. The van der Waals surface area contributed by atoms with E-state index in [0.29, 0.717) is 5.56 Å². The Morgan fingerprint density at radius 1 is 1.27 bits per heavy atom. The fraction of sp³-hybridized carbons (Fsp3) is 0. The van der Waals surface area contributed by atoms with Crippen LogP contribution < -0.4 is 5.90 Å². The number of rotatable bonds is 1. The molecule has 0 spiro atoms. The first-order chi connectivity index (χ1) is 5.30. The van der Waals surface area contributed by atoms with Crippen molar-refractivity contribution in [2.45, 2.75) is 0 Å². The van der Waals surface area contributed by atoms with Crippen molar-refractivity contribution in [2.24, 2.45) is 5.90 Å². The molecule has 60 valence electrons. The van der Waals surface area contributed by atoms with Crippen LogP contribution in [-0.4, -0.2) is 10.4 Å². The van der Waals surface area contributed by atoms with Crippen LogP contribution in [0.1, 0.15) is 10.4 Å². The summed E-state index contributed by atoms with van der Waals surface area (Å²) >= 11 is 5.16.